The molecule has 7 heteroatoms. The highest BCUT2D eigenvalue weighted by atomic mass is 32.1. The summed E-state index contributed by atoms with van der Waals surface area (Å²) >= 11 is 1.59. The topological polar surface area (TPSA) is 49.9 Å². The summed E-state index contributed by atoms with van der Waals surface area (Å²) in [4.78, 5) is 9.33. The number of thiazole rings is 1. The quantitative estimate of drug-likeness (QED) is 0.582. The molecule has 2 heterocycles. The minimum atomic E-state index is 0.278. The lowest BCUT2D eigenvalue weighted by molar-refractivity contribution is 0.174. The second-order valence-electron chi connectivity index (χ2n) is 7.10. The molecular weight excluding hydrogens is 384 g/mol. The van der Waals surface area contributed by atoms with Gasteiger partial charge in [-0.05, 0) is 37.9 Å². The third kappa shape index (κ3) is 4.63. The van der Waals surface area contributed by atoms with Gasteiger partial charge >= 0.3 is 0 Å². The van der Waals surface area contributed by atoms with E-state index in [0.29, 0.717) is 0 Å². The molecule has 0 bridgehead atoms. The molecule has 6 nitrogen and oxygen atoms in total. The molecule has 3 aromatic rings. The molecule has 1 N–H and O–H groups in total. The van der Waals surface area contributed by atoms with Gasteiger partial charge in [0.15, 0.2) is 16.6 Å². The van der Waals surface area contributed by atoms with Crippen molar-refractivity contribution in [3.05, 3.63) is 47.8 Å². The number of hydrogen-bond acceptors (Lipinski definition) is 7. The van der Waals surface area contributed by atoms with Gasteiger partial charge in [0.25, 0.3) is 0 Å². The number of nitrogens with zero attached hydrogens (tertiary/aromatic N) is 3. The number of fused-ring (bicyclic) bond motifs is 1. The van der Waals surface area contributed by atoms with Gasteiger partial charge in [0.2, 0.25) is 6.79 Å². The maximum Gasteiger partial charge on any atom is 0.231 e. The summed E-state index contributed by atoms with van der Waals surface area (Å²) in [5, 5.41) is 6.27. The third-order valence-electron chi connectivity index (χ3n) is 5.09. The molecule has 152 valence electrons. The van der Waals surface area contributed by atoms with Crippen LogP contribution in [0.25, 0.3) is 11.3 Å². The van der Waals surface area contributed by atoms with Crippen molar-refractivity contribution in [1.29, 1.82) is 0 Å². The van der Waals surface area contributed by atoms with Crippen molar-refractivity contribution in [3.8, 4) is 22.8 Å². The summed E-state index contributed by atoms with van der Waals surface area (Å²) in [6.45, 7) is 5.58. The van der Waals surface area contributed by atoms with Crippen LogP contribution in [0.4, 0.5) is 16.5 Å². The summed E-state index contributed by atoms with van der Waals surface area (Å²) in [5.74, 6) is 1.54. The van der Waals surface area contributed by atoms with Crippen LogP contribution in [-0.4, -0.2) is 50.4 Å². The highest BCUT2D eigenvalue weighted by Crippen LogP contribution is 2.36. The average molecular weight is 411 g/mol. The van der Waals surface area contributed by atoms with Gasteiger partial charge in [-0.25, -0.2) is 4.98 Å². The molecule has 0 radical (unpaired) electrons. The molecular formula is C22H26N4O2S. The molecule has 0 saturated carbocycles. The monoisotopic (exact) mass is 410 g/mol. The van der Waals surface area contributed by atoms with Crippen LogP contribution >= 0.6 is 11.3 Å². The third-order valence-corrected chi connectivity index (χ3v) is 5.85. The number of likely N-dealkylation sites (N-methyl/N-ethyl adjacent to an activating group) is 2. The van der Waals surface area contributed by atoms with Gasteiger partial charge in [-0.1, -0.05) is 19.1 Å². The summed E-state index contributed by atoms with van der Waals surface area (Å²) in [5.41, 5.74) is 4.23. The van der Waals surface area contributed by atoms with E-state index in [1.54, 1.807) is 11.3 Å². The molecule has 4 rings (SSSR count). The average Bonchev–Trinajstić information content (AvgIpc) is 3.41. The van der Waals surface area contributed by atoms with Gasteiger partial charge in [-0.3, -0.25) is 0 Å². The predicted octanol–water partition coefficient (Wildman–Crippen LogP) is 4.67. The van der Waals surface area contributed by atoms with Crippen molar-refractivity contribution in [2.75, 3.05) is 50.7 Å². The van der Waals surface area contributed by atoms with E-state index >= 15 is 0 Å². The molecule has 1 aromatic heterocycles. The van der Waals surface area contributed by atoms with Gasteiger partial charge in [0.05, 0.1) is 5.69 Å². The SMILES string of the molecule is CCN(C)CCN(C)c1ccc(-c2csc(Nc3ccc4c(c3)OCO4)n2)cc1. The Kier molecular flexibility index (Phi) is 5.87. The molecule has 0 spiro atoms. The van der Waals surface area contributed by atoms with E-state index < -0.39 is 0 Å². The number of benzene rings is 2. The molecule has 0 amide bonds. The number of aromatic nitrogens is 1. The van der Waals surface area contributed by atoms with E-state index in [4.69, 9.17) is 14.5 Å². The van der Waals surface area contributed by atoms with Crippen molar-refractivity contribution < 1.29 is 9.47 Å². The van der Waals surface area contributed by atoms with Crippen molar-refractivity contribution in [1.82, 2.24) is 9.88 Å². The molecule has 1 aliphatic heterocycles. The van der Waals surface area contributed by atoms with Crippen molar-refractivity contribution >= 4 is 27.8 Å². The smallest absolute Gasteiger partial charge is 0.231 e. The lowest BCUT2D eigenvalue weighted by atomic mass is 10.1. The van der Waals surface area contributed by atoms with E-state index in [1.807, 2.05) is 18.2 Å². The first-order chi connectivity index (χ1) is 14.1. The summed E-state index contributed by atoms with van der Waals surface area (Å²) in [6.07, 6.45) is 0. The minimum absolute atomic E-state index is 0.278. The molecule has 1 aliphatic rings. The van der Waals surface area contributed by atoms with E-state index in [1.165, 1.54) is 5.69 Å². The lowest BCUT2D eigenvalue weighted by Crippen LogP contribution is -2.30. The molecule has 0 saturated heterocycles. The van der Waals surface area contributed by atoms with Crippen LogP contribution in [0.2, 0.25) is 0 Å². The van der Waals surface area contributed by atoms with E-state index in [2.05, 4.69) is 65.8 Å². The molecule has 2 aromatic carbocycles. The van der Waals surface area contributed by atoms with Crippen LogP contribution in [0.3, 0.4) is 0 Å². The van der Waals surface area contributed by atoms with Crippen LogP contribution < -0.4 is 19.7 Å². The molecule has 0 fully saturated rings. The van der Waals surface area contributed by atoms with E-state index in [0.717, 1.165) is 53.2 Å². The fraction of sp³-hybridized carbons (Fsp3) is 0.318. The Morgan fingerprint density at radius 1 is 1.03 bits per heavy atom. The maximum absolute atomic E-state index is 5.43. The van der Waals surface area contributed by atoms with Crippen molar-refractivity contribution in [2.24, 2.45) is 0 Å². The van der Waals surface area contributed by atoms with Crippen LogP contribution in [0.15, 0.2) is 47.8 Å². The Bertz CT molecular complexity index is 958. The first-order valence-electron chi connectivity index (χ1n) is 9.74. The highest BCUT2D eigenvalue weighted by molar-refractivity contribution is 7.14. The molecule has 29 heavy (non-hydrogen) atoms. The molecule has 0 atom stereocenters. The standard InChI is InChI=1S/C22H26N4O2S/c1-4-25(2)11-12-26(3)18-8-5-16(6-9-18)19-14-29-22(24-19)23-17-7-10-20-21(13-17)28-15-27-20/h5-10,13-14H,4,11-12,15H2,1-3H3,(H,23,24). The Balaban J connectivity index is 1.40. The molecule has 0 aliphatic carbocycles. The zero-order valence-electron chi connectivity index (χ0n) is 17.0. The Morgan fingerprint density at radius 3 is 2.62 bits per heavy atom. The fourth-order valence-electron chi connectivity index (χ4n) is 3.06. The van der Waals surface area contributed by atoms with Crippen molar-refractivity contribution in [3.63, 3.8) is 0 Å². The minimum Gasteiger partial charge on any atom is -0.454 e. The number of ether oxygens (including phenoxy) is 2. The Morgan fingerprint density at radius 2 is 1.83 bits per heavy atom. The number of hydrogen-bond donors (Lipinski definition) is 1. The Hall–Kier alpha value is -2.77. The summed E-state index contributed by atoms with van der Waals surface area (Å²) in [6, 6.07) is 14.4. The second kappa shape index (κ2) is 8.71. The zero-order chi connectivity index (χ0) is 20.2. The number of rotatable bonds is 8. The highest BCUT2D eigenvalue weighted by Gasteiger charge is 2.14. The number of anilines is 3. The fourth-order valence-corrected chi connectivity index (χ4v) is 3.80. The van der Waals surface area contributed by atoms with Gasteiger partial charge in [0.1, 0.15) is 0 Å². The normalized spacial score (nSPS) is 12.4. The van der Waals surface area contributed by atoms with Crippen LogP contribution in [-0.2, 0) is 0 Å². The molecule has 0 unspecified atom stereocenters. The lowest BCUT2D eigenvalue weighted by Gasteiger charge is -2.23. The van der Waals surface area contributed by atoms with Gasteiger partial charge in [0, 0.05) is 48.5 Å². The second-order valence-corrected chi connectivity index (χ2v) is 7.95. The Labute approximate surface area is 175 Å². The zero-order valence-corrected chi connectivity index (χ0v) is 17.8. The summed E-state index contributed by atoms with van der Waals surface area (Å²) < 4.78 is 10.8. The van der Waals surface area contributed by atoms with E-state index in [9.17, 15) is 0 Å². The largest absolute Gasteiger partial charge is 0.454 e. The first-order valence-corrected chi connectivity index (χ1v) is 10.6. The van der Waals surface area contributed by atoms with E-state index in [-0.39, 0.29) is 6.79 Å². The number of nitrogens with one attached hydrogen (secondary N) is 1. The van der Waals surface area contributed by atoms with Crippen LogP contribution in [0.1, 0.15) is 6.92 Å². The van der Waals surface area contributed by atoms with Crippen LogP contribution in [0, 0.1) is 0 Å². The first kappa shape index (κ1) is 19.5. The van der Waals surface area contributed by atoms with Gasteiger partial charge < -0.3 is 24.6 Å². The van der Waals surface area contributed by atoms with Gasteiger partial charge in [-0.2, -0.15) is 0 Å². The van der Waals surface area contributed by atoms with Crippen LogP contribution in [0.5, 0.6) is 11.5 Å². The van der Waals surface area contributed by atoms with Crippen molar-refractivity contribution in [2.45, 2.75) is 6.92 Å². The predicted molar refractivity (Wildman–Crippen MR) is 120 cm³/mol. The summed E-state index contributed by atoms with van der Waals surface area (Å²) in [7, 11) is 4.28. The maximum atomic E-state index is 5.43. The van der Waals surface area contributed by atoms with Gasteiger partial charge in [-0.15, -0.1) is 11.3 Å².